The number of anilines is 1. The van der Waals surface area contributed by atoms with Crippen molar-refractivity contribution in [3.05, 3.63) is 90.1 Å². The van der Waals surface area contributed by atoms with Crippen molar-refractivity contribution < 1.29 is 9.53 Å². The van der Waals surface area contributed by atoms with Gasteiger partial charge in [0.1, 0.15) is 12.4 Å². The Morgan fingerprint density at radius 1 is 1.00 bits per heavy atom. The van der Waals surface area contributed by atoms with Gasteiger partial charge in [0.2, 0.25) is 5.91 Å². The average Bonchev–Trinajstić information content (AvgIpc) is 3.21. The monoisotopic (exact) mass is 442 g/mol. The third-order valence-electron chi connectivity index (χ3n) is 5.44. The highest BCUT2D eigenvalue weighted by atomic mass is 16.5. The Morgan fingerprint density at radius 2 is 1.79 bits per heavy atom. The van der Waals surface area contributed by atoms with E-state index in [1.807, 2.05) is 83.7 Å². The minimum Gasteiger partial charge on any atom is -0.489 e. The summed E-state index contributed by atoms with van der Waals surface area (Å²) in [6.45, 7) is 2.38. The van der Waals surface area contributed by atoms with Crippen molar-refractivity contribution >= 4 is 22.5 Å². The first-order valence-electron chi connectivity index (χ1n) is 11.2. The van der Waals surface area contributed by atoms with E-state index in [2.05, 4.69) is 29.4 Å². The molecule has 33 heavy (non-hydrogen) atoms. The van der Waals surface area contributed by atoms with E-state index in [1.165, 1.54) is 0 Å². The lowest BCUT2D eigenvalue weighted by Gasteiger charge is -2.10. The molecule has 1 aromatic heterocycles. The van der Waals surface area contributed by atoms with Crippen molar-refractivity contribution in [2.45, 2.75) is 26.0 Å². The highest BCUT2D eigenvalue weighted by molar-refractivity contribution is 5.94. The van der Waals surface area contributed by atoms with E-state index in [0.29, 0.717) is 13.0 Å². The summed E-state index contributed by atoms with van der Waals surface area (Å²) in [5, 5.41) is 8.59. The van der Waals surface area contributed by atoms with E-state index in [4.69, 9.17) is 4.74 Å². The van der Waals surface area contributed by atoms with Gasteiger partial charge in [0.25, 0.3) is 0 Å². The van der Waals surface area contributed by atoms with Crippen molar-refractivity contribution in [3.63, 3.8) is 0 Å². The molecule has 170 valence electrons. The van der Waals surface area contributed by atoms with Crippen molar-refractivity contribution in [1.29, 1.82) is 0 Å². The molecule has 0 aliphatic heterocycles. The summed E-state index contributed by atoms with van der Waals surface area (Å²) >= 11 is 0. The molecule has 0 atom stereocenters. The second-order valence-electron chi connectivity index (χ2n) is 8.44. The molecule has 4 rings (SSSR count). The van der Waals surface area contributed by atoms with Crippen LogP contribution < -0.4 is 10.1 Å². The second kappa shape index (κ2) is 10.8. The summed E-state index contributed by atoms with van der Waals surface area (Å²) in [6.07, 6.45) is 3.20. The average molecular weight is 443 g/mol. The van der Waals surface area contributed by atoms with Crippen molar-refractivity contribution in [2.24, 2.45) is 0 Å². The molecular formula is C27H30N4O2. The van der Waals surface area contributed by atoms with Crippen LogP contribution >= 0.6 is 0 Å². The number of nitrogens with one attached hydrogen (secondary N) is 1. The topological polar surface area (TPSA) is 59.4 Å². The number of carbonyl (C=O) groups is 1. The SMILES string of the molecule is CN(C)CCCn1ncc2ccc(NC(=O)Cc3ccc(OCc4ccccc4)cc3)cc21. The summed E-state index contributed by atoms with van der Waals surface area (Å²) in [5.74, 6) is 0.738. The van der Waals surface area contributed by atoms with Crippen LogP contribution in [0.2, 0.25) is 0 Å². The largest absolute Gasteiger partial charge is 0.489 e. The summed E-state index contributed by atoms with van der Waals surface area (Å²) in [6, 6.07) is 23.7. The van der Waals surface area contributed by atoms with E-state index >= 15 is 0 Å². The summed E-state index contributed by atoms with van der Waals surface area (Å²) in [7, 11) is 4.14. The molecule has 3 aromatic carbocycles. The fourth-order valence-corrected chi connectivity index (χ4v) is 3.70. The van der Waals surface area contributed by atoms with Gasteiger partial charge in [0.05, 0.1) is 18.1 Å². The van der Waals surface area contributed by atoms with E-state index in [1.54, 1.807) is 0 Å². The van der Waals surface area contributed by atoms with Gasteiger partial charge in [0, 0.05) is 17.6 Å². The van der Waals surface area contributed by atoms with Crippen molar-refractivity contribution in [2.75, 3.05) is 26.0 Å². The van der Waals surface area contributed by atoms with E-state index in [0.717, 1.165) is 53.0 Å². The first kappa shape index (κ1) is 22.6. The van der Waals surface area contributed by atoms with Crippen molar-refractivity contribution in [3.8, 4) is 5.75 Å². The molecule has 6 nitrogen and oxygen atoms in total. The number of hydrogen-bond donors (Lipinski definition) is 1. The molecule has 0 spiro atoms. The first-order chi connectivity index (χ1) is 16.1. The van der Waals surface area contributed by atoms with Gasteiger partial charge < -0.3 is 15.0 Å². The van der Waals surface area contributed by atoms with E-state index in [-0.39, 0.29) is 5.91 Å². The third kappa shape index (κ3) is 6.43. The Balaban J connectivity index is 1.32. The van der Waals surface area contributed by atoms with Crippen LogP contribution in [0.1, 0.15) is 17.5 Å². The summed E-state index contributed by atoms with van der Waals surface area (Å²) in [4.78, 5) is 14.8. The standard InChI is InChI=1S/C27H30N4O2/c1-30(2)15-6-16-31-26-18-24(12-11-23(26)19-28-31)29-27(32)17-21-9-13-25(14-10-21)33-20-22-7-4-3-5-8-22/h3-5,7-14,18-19H,6,15-17,20H2,1-2H3,(H,29,32). The molecule has 1 amide bonds. The molecule has 0 aliphatic carbocycles. The lowest BCUT2D eigenvalue weighted by atomic mass is 10.1. The number of hydrogen-bond acceptors (Lipinski definition) is 4. The number of aromatic nitrogens is 2. The Kier molecular flexibility index (Phi) is 7.37. The Hall–Kier alpha value is -3.64. The molecule has 4 aromatic rings. The Bertz CT molecular complexity index is 1180. The van der Waals surface area contributed by atoms with Gasteiger partial charge in [-0.05, 0) is 68.5 Å². The number of nitrogens with zero attached hydrogens (tertiary/aromatic N) is 3. The second-order valence-corrected chi connectivity index (χ2v) is 8.44. The van der Waals surface area contributed by atoms with Crippen LogP contribution in [0.25, 0.3) is 10.9 Å². The predicted octanol–water partition coefficient (Wildman–Crippen LogP) is 4.75. The normalized spacial score (nSPS) is 11.1. The molecule has 0 aliphatic rings. The molecule has 0 bridgehead atoms. The van der Waals surface area contributed by atoms with Crippen LogP contribution in [-0.4, -0.2) is 41.2 Å². The van der Waals surface area contributed by atoms with Crippen molar-refractivity contribution in [1.82, 2.24) is 14.7 Å². The Labute approximate surface area is 194 Å². The lowest BCUT2D eigenvalue weighted by molar-refractivity contribution is -0.115. The molecule has 0 radical (unpaired) electrons. The fraction of sp³-hybridized carbons (Fsp3) is 0.259. The van der Waals surface area contributed by atoms with Crippen LogP contribution in [0.4, 0.5) is 5.69 Å². The first-order valence-corrected chi connectivity index (χ1v) is 11.2. The number of amides is 1. The predicted molar refractivity (Wildman–Crippen MR) is 132 cm³/mol. The number of ether oxygens (including phenoxy) is 1. The number of fused-ring (bicyclic) bond motifs is 1. The fourth-order valence-electron chi connectivity index (χ4n) is 3.70. The maximum Gasteiger partial charge on any atom is 0.228 e. The van der Waals surface area contributed by atoms with Gasteiger partial charge in [0.15, 0.2) is 0 Å². The van der Waals surface area contributed by atoms with Gasteiger partial charge in [-0.3, -0.25) is 9.48 Å². The highest BCUT2D eigenvalue weighted by Gasteiger charge is 2.08. The van der Waals surface area contributed by atoms with Crippen LogP contribution in [-0.2, 0) is 24.4 Å². The number of aryl methyl sites for hydroxylation is 1. The van der Waals surface area contributed by atoms with Gasteiger partial charge in [-0.2, -0.15) is 5.10 Å². The quantitative estimate of drug-likeness (QED) is 0.385. The van der Waals surface area contributed by atoms with Crippen LogP contribution in [0.15, 0.2) is 79.0 Å². The zero-order valence-corrected chi connectivity index (χ0v) is 19.2. The molecular weight excluding hydrogens is 412 g/mol. The van der Waals surface area contributed by atoms with Gasteiger partial charge in [-0.15, -0.1) is 0 Å². The number of rotatable bonds is 10. The Morgan fingerprint density at radius 3 is 2.55 bits per heavy atom. The van der Waals surface area contributed by atoms with E-state index in [9.17, 15) is 4.79 Å². The van der Waals surface area contributed by atoms with Gasteiger partial charge >= 0.3 is 0 Å². The maximum absolute atomic E-state index is 12.6. The maximum atomic E-state index is 12.6. The molecule has 1 N–H and O–H groups in total. The van der Waals surface area contributed by atoms with E-state index < -0.39 is 0 Å². The molecule has 0 saturated carbocycles. The molecule has 6 heteroatoms. The molecule has 0 saturated heterocycles. The highest BCUT2D eigenvalue weighted by Crippen LogP contribution is 2.20. The molecule has 1 heterocycles. The number of benzene rings is 3. The molecule has 0 fully saturated rings. The van der Waals surface area contributed by atoms with Crippen LogP contribution in [0.5, 0.6) is 5.75 Å². The smallest absolute Gasteiger partial charge is 0.228 e. The van der Waals surface area contributed by atoms with Gasteiger partial charge in [-0.1, -0.05) is 42.5 Å². The van der Waals surface area contributed by atoms with Crippen LogP contribution in [0, 0.1) is 0 Å². The lowest BCUT2D eigenvalue weighted by Crippen LogP contribution is -2.15. The number of carbonyl (C=O) groups excluding carboxylic acids is 1. The molecule has 0 unspecified atom stereocenters. The summed E-state index contributed by atoms with van der Waals surface area (Å²) in [5.41, 5.74) is 3.88. The van der Waals surface area contributed by atoms with Crippen LogP contribution in [0.3, 0.4) is 0 Å². The zero-order chi connectivity index (χ0) is 23.0. The minimum atomic E-state index is -0.0500. The van der Waals surface area contributed by atoms with Gasteiger partial charge in [-0.25, -0.2) is 0 Å². The minimum absolute atomic E-state index is 0.0500. The third-order valence-corrected chi connectivity index (χ3v) is 5.44. The summed E-state index contributed by atoms with van der Waals surface area (Å²) < 4.78 is 7.82. The zero-order valence-electron chi connectivity index (χ0n) is 19.2.